The summed E-state index contributed by atoms with van der Waals surface area (Å²) in [5.74, 6) is 1.81. The highest BCUT2D eigenvalue weighted by molar-refractivity contribution is 5.86. The number of hydrogen-bond donors (Lipinski definition) is 1. The SMILES string of the molecule is CCCNc1nc2c(OCC)cccc2cc1C. The van der Waals surface area contributed by atoms with Crippen LogP contribution < -0.4 is 10.1 Å². The van der Waals surface area contributed by atoms with Crippen molar-refractivity contribution in [2.24, 2.45) is 0 Å². The number of nitrogens with zero attached hydrogens (tertiary/aromatic N) is 1. The molecule has 1 heterocycles. The van der Waals surface area contributed by atoms with Gasteiger partial charge in [0, 0.05) is 11.9 Å². The van der Waals surface area contributed by atoms with Gasteiger partial charge in [-0.15, -0.1) is 0 Å². The molecule has 1 N–H and O–H groups in total. The van der Waals surface area contributed by atoms with E-state index in [0.29, 0.717) is 6.61 Å². The average molecular weight is 244 g/mol. The molecule has 18 heavy (non-hydrogen) atoms. The molecule has 1 aromatic carbocycles. The maximum absolute atomic E-state index is 5.63. The normalized spacial score (nSPS) is 10.6. The van der Waals surface area contributed by atoms with E-state index in [4.69, 9.17) is 9.72 Å². The van der Waals surface area contributed by atoms with Crippen molar-refractivity contribution in [1.82, 2.24) is 4.98 Å². The molecule has 0 saturated heterocycles. The topological polar surface area (TPSA) is 34.2 Å². The highest BCUT2D eigenvalue weighted by Crippen LogP contribution is 2.27. The van der Waals surface area contributed by atoms with Crippen LogP contribution in [0.1, 0.15) is 25.8 Å². The molecule has 96 valence electrons. The lowest BCUT2D eigenvalue weighted by atomic mass is 10.1. The van der Waals surface area contributed by atoms with Gasteiger partial charge < -0.3 is 10.1 Å². The number of para-hydroxylation sites is 1. The molecule has 3 nitrogen and oxygen atoms in total. The molecule has 0 amide bonds. The summed E-state index contributed by atoms with van der Waals surface area (Å²) < 4.78 is 5.63. The number of aromatic nitrogens is 1. The molecule has 0 radical (unpaired) electrons. The van der Waals surface area contributed by atoms with Crippen molar-refractivity contribution >= 4 is 16.7 Å². The first kappa shape index (κ1) is 12.7. The summed E-state index contributed by atoms with van der Waals surface area (Å²) in [4.78, 5) is 4.69. The van der Waals surface area contributed by atoms with Gasteiger partial charge in [-0.05, 0) is 38.0 Å². The Bertz CT molecular complexity index is 537. The van der Waals surface area contributed by atoms with E-state index in [-0.39, 0.29) is 0 Å². The fourth-order valence-electron chi connectivity index (χ4n) is 1.97. The zero-order chi connectivity index (χ0) is 13.0. The first-order chi connectivity index (χ1) is 8.76. The summed E-state index contributed by atoms with van der Waals surface area (Å²) in [5, 5.41) is 4.48. The summed E-state index contributed by atoms with van der Waals surface area (Å²) in [7, 11) is 0. The number of fused-ring (bicyclic) bond motifs is 1. The molecule has 0 unspecified atom stereocenters. The molecule has 0 fully saturated rings. The maximum Gasteiger partial charge on any atom is 0.145 e. The summed E-state index contributed by atoms with van der Waals surface area (Å²) in [6.45, 7) is 7.82. The minimum atomic E-state index is 0.659. The Morgan fingerprint density at radius 3 is 2.83 bits per heavy atom. The van der Waals surface area contributed by atoms with Gasteiger partial charge in [-0.3, -0.25) is 0 Å². The Balaban J connectivity index is 2.48. The van der Waals surface area contributed by atoms with Crippen molar-refractivity contribution in [3.63, 3.8) is 0 Å². The van der Waals surface area contributed by atoms with Crippen LogP contribution >= 0.6 is 0 Å². The van der Waals surface area contributed by atoms with E-state index >= 15 is 0 Å². The number of rotatable bonds is 5. The summed E-state index contributed by atoms with van der Waals surface area (Å²) >= 11 is 0. The number of aryl methyl sites for hydroxylation is 1. The molecule has 0 aliphatic carbocycles. The molecule has 0 atom stereocenters. The first-order valence-corrected chi connectivity index (χ1v) is 6.53. The van der Waals surface area contributed by atoms with Crippen molar-refractivity contribution in [1.29, 1.82) is 0 Å². The fraction of sp³-hybridized carbons (Fsp3) is 0.400. The third kappa shape index (κ3) is 2.55. The molecule has 1 aromatic heterocycles. The standard InChI is InChI=1S/C15H20N2O/c1-4-9-16-15-11(3)10-12-7-6-8-13(18-5-2)14(12)17-15/h6-8,10H,4-5,9H2,1-3H3,(H,16,17). The van der Waals surface area contributed by atoms with Crippen LogP contribution in [0, 0.1) is 6.92 Å². The van der Waals surface area contributed by atoms with Crippen LogP contribution in [0.25, 0.3) is 10.9 Å². The minimum Gasteiger partial charge on any atom is -0.492 e. The van der Waals surface area contributed by atoms with Gasteiger partial charge in [-0.2, -0.15) is 0 Å². The highest BCUT2D eigenvalue weighted by Gasteiger charge is 2.07. The molecule has 0 aliphatic rings. The predicted molar refractivity (Wildman–Crippen MR) is 76.4 cm³/mol. The Kier molecular flexibility index (Phi) is 4.03. The Morgan fingerprint density at radius 1 is 1.28 bits per heavy atom. The van der Waals surface area contributed by atoms with E-state index in [1.54, 1.807) is 0 Å². The van der Waals surface area contributed by atoms with Gasteiger partial charge in [0.05, 0.1) is 6.61 Å². The second kappa shape index (κ2) is 5.71. The van der Waals surface area contributed by atoms with E-state index in [2.05, 4.69) is 31.3 Å². The van der Waals surface area contributed by atoms with Crippen LogP contribution in [-0.2, 0) is 0 Å². The number of ether oxygens (including phenoxy) is 1. The zero-order valence-electron chi connectivity index (χ0n) is 11.3. The van der Waals surface area contributed by atoms with Crippen LogP contribution in [0.3, 0.4) is 0 Å². The third-order valence-corrected chi connectivity index (χ3v) is 2.84. The first-order valence-electron chi connectivity index (χ1n) is 6.53. The van der Waals surface area contributed by atoms with Crippen molar-refractivity contribution in [3.05, 3.63) is 29.8 Å². The number of anilines is 1. The minimum absolute atomic E-state index is 0.659. The molecule has 2 rings (SSSR count). The zero-order valence-corrected chi connectivity index (χ0v) is 11.3. The molecular formula is C15H20N2O. The van der Waals surface area contributed by atoms with Crippen LogP contribution in [0.15, 0.2) is 24.3 Å². The number of nitrogens with one attached hydrogen (secondary N) is 1. The summed E-state index contributed by atoms with van der Waals surface area (Å²) in [6.07, 6.45) is 1.09. The van der Waals surface area contributed by atoms with E-state index in [1.165, 1.54) is 5.56 Å². The van der Waals surface area contributed by atoms with Crippen LogP contribution in [0.2, 0.25) is 0 Å². The third-order valence-electron chi connectivity index (χ3n) is 2.84. The van der Waals surface area contributed by atoms with Gasteiger partial charge in [0.15, 0.2) is 0 Å². The van der Waals surface area contributed by atoms with Gasteiger partial charge in [0.1, 0.15) is 17.1 Å². The van der Waals surface area contributed by atoms with Crippen LogP contribution in [0.4, 0.5) is 5.82 Å². The summed E-state index contributed by atoms with van der Waals surface area (Å²) in [6, 6.07) is 8.20. The smallest absolute Gasteiger partial charge is 0.145 e. The lowest BCUT2D eigenvalue weighted by Crippen LogP contribution is -2.04. The second-order valence-corrected chi connectivity index (χ2v) is 4.34. The van der Waals surface area contributed by atoms with E-state index in [0.717, 1.165) is 35.4 Å². The molecule has 0 bridgehead atoms. The molecule has 0 aliphatic heterocycles. The molecule has 0 spiro atoms. The van der Waals surface area contributed by atoms with Gasteiger partial charge in [0.2, 0.25) is 0 Å². The maximum atomic E-state index is 5.63. The molecule has 0 saturated carbocycles. The van der Waals surface area contributed by atoms with E-state index < -0.39 is 0 Å². The Morgan fingerprint density at radius 2 is 2.11 bits per heavy atom. The van der Waals surface area contributed by atoms with Gasteiger partial charge >= 0.3 is 0 Å². The largest absolute Gasteiger partial charge is 0.492 e. The summed E-state index contributed by atoms with van der Waals surface area (Å²) in [5.41, 5.74) is 2.10. The number of pyridine rings is 1. The molecule has 3 heteroatoms. The van der Waals surface area contributed by atoms with Gasteiger partial charge in [-0.1, -0.05) is 19.1 Å². The van der Waals surface area contributed by atoms with Crippen molar-refractivity contribution in [2.45, 2.75) is 27.2 Å². The fourth-order valence-corrected chi connectivity index (χ4v) is 1.97. The lowest BCUT2D eigenvalue weighted by molar-refractivity contribution is 0.343. The van der Waals surface area contributed by atoms with E-state index in [1.807, 2.05) is 19.1 Å². The quantitative estimate of drug-likeness (QED) is 0.869. The Labute approximate surface area is 108 Å². The number of benzene rings is 1. The number of hydrogen-bond acceptors (Lipinski definition) is 3. The molecular weight excluding hydrogens is 224 g/mol. The monoisotopic (exact) mass is 244 g/mol. The van der Waals surface area contributed by atoms with Crippen LogP contribution in [-0.4, -0.2) is 18.1 Å². The van der Waals surface area contributed by atoms with Gasteiger partial charge in [0.25, 0.3) is 0 Å². The van der Waals surface area contributed by atoms with Crippen molar-refractivity contribution < 1.29 is 4.74 Å². The van der Waals surface area contributed by atoms with Crippen LogP contribution in [0.5, 0.6) is 5.75 Å². The Hall–Kier alpha value is -1.77. The second-order valence-electron chi connectivity index (χ2n) is 4.34. The van der Waals surface area contributed by atoms with Crippen molar-refractivity contribution in [2.75, 3.05) is 18.5 Å². The van der Waals surface area contributed by atoms with E-state index in [9.17, 15) is 0 Å². The molecule has 2 aromatic rings. The highest BCUT2D eigenvalue weighted by atomic mass is 16.5. The van der Waals surface area contributed by atoms with Gasteiger partial charge in [-0.25, -0.2) is 4.98 Å². The predicted octanol–water partition coefficient (Wildman–Crippen LogP) is 3.76. The lowest BCUT2D eigenvalue weighted by Gasteiger charge is -2.11. The average Bonchev–Trinajstić information content (AvgIpc) is 2.37. The van der Waals surface area contributed by atoms with Crippen molar-refractivity contribution in [3.8, 4) is 5.75 Å².